The van der Waals surface area contributed by atoms with Crippen LogP contribution >= 0.6 is 11.6 Å². The predicted octanol–water partition coefficient (Wildman–Crippen LogP) is 3.13. The van der Waals surface area contributed by atoms with Crippen LogP contribution < -0.4 is 11.1 Å². The first-order valence-corrected chi connectivity index (χ1v) is 6.11. The monoisotopic (exact) mass is 296 g/mol. The maximum atomic E-state index is 13.1. The molecule has 2 rings (SSSR count). The standard InChI is InChI=1S/C14H11ClF2N2O/c15-12-3-8(1-2-13(12)17)7-19-14(20)9-4-10(16)6-11(18)5-9/h1-6H,7,18H2,(H,19,20). The minimum atomic E-state index is -0.583. The summed E-state index contributed by atoms with van der Waals surface area (Å²) in [6.07, 6.45) is 0. The number of hydrogen-bond acceptors (Lipinski definition) is 2. The van der Waals surface area contributed by atoms with Gasteiger partial charge in [-0.1, -0.05) is 17.7 Å². The summed E-state index contributed by atoms with van der Waals surface area (Å²) < 4.78 is 26.1. The van der Waals surface area contributed by atoms with E-state index in [4.69, 9.17) is 17.3 Å². The van der Waals surface area contributed by atoms with Crippen molar-refractivity contribution in [2.24, 2.45) is 0 Å². The lowest BCUT2D eigenvalue weighted by Crippen LogP contribution is -2.23. The predicted molar refractivity (Wildman–Crippen MR) is 73.4 cm³/mol. The van der Waals surface area contributed by atoms with E-state index in [1.165, 1.54) is 24.3 Å². The van der Waals surface area contributed by atoms with Gasteiger partial charge in [0.1, 0.15) is 11.6 Å². The molecule has 0 spiro atoms. The number of halogens is 3. The van der Waals surface area contributed by atoms with Gasteiger partial charge in [0.05, 0.1) is 5.02 Å². The molecule has 0 fully saturated rings. The second-order valence-electron chi connectivity index (χ2n) is 4.20. The van der Waals surface area contributed by atoms with Gasteiger partial charge in [0, 0.05) is 17.8 Å². The second kappa shape index (κ2) is 5.88. The van der Waals surface area contributed by atoms with Crippen molar-refractivity contribution < 1.29 is 13.6 Å². The minimum Gasteiger partial charge on any atom is -0.399 e. The number of benzene rings is 2. The highest BCUT2D eigenvalue weighted by molar-refractivity contribution is 6.30. The summed E-state index contributed by atoms with van der Waals surface area (Å²) in [6.45, 7) is 0.148. The molecule has 1 amide bonds. The van der Waals surface area contributed by atoms with E-state index in [0.29, 0.717) is 5.56 Å². The smallest absolute Gasteiger partial charge is 0.251 e. The van der Waals surface area contributed by atoms with Crippen LogP contribution in [0.15, 0.2) is 36.4 Å². The lowest BCUT2D eigenvalue weighted by molar-refractivity contribution is 0.0950. The quantitative estimate of drug-likeness (QED) is 0.855. The zero-order chi connectivity index (χ0) is 14.7. The number of carbonyl (C=O) groups excluding carboxylic acids is 1. The maximum Gasteiger partial charge on any atom is 0.251 e. The molecule has 0 bridgehead atoms. The molecule has 0 saturated carbocycles. The average Bonchev–Trinajstić information content (AvgIpc) is 2.38. The molecule has 0 atom stereocenters. The first-order valence-electron chi connectivity index (χ1n) is 5.74. The van der Waals surface area contributed by atoms with Crippen LogP contribution in [0.25, 0.3) is 0 Å². The summed E-state index contributed by atoms with van der Waals surface area (Å²) in [5, 5.41) is 2.55. The van der Waals surface area contributed by atoms with Crippen molar-refractivity contribution in [1.29, 1.82) is 0 Å². The Bertz CT molecular complexity index is 641. The summed E-state index contributed by atoms with van der Waals surface area (Å²) in [6, 6.07) is 7.71. The van der Waals surface area contributed by atoms with Crippen LogP contribution in [0.1, 0.15) is 15.9 Å². The van der Waals surface area contributed by atoms with E-state index >= 15 is 0 Å². The molecular weight excluding hydrogens is 286 g/mol. The minimum absolute atomic E-state index is 0.0215. The number of nitrogens with two attached hydrogens (primary N) is 1. The number of anilines is 1. The van der Waals surface area contributed by atoms with Crippen molar-refractivity contribution in [2.45, 2.75) is 6.54 Å². The maximum absolute atomic E-state index is 13.1. The van der Waals surface area contributed by atoms with Crippen LogP contribution in [-0.4, -0.2) is 5.91 Å². The van der Waals surface area contributed by atoms with Gasteiger partial charge in [-0.15, -0.1) is 0 Å². The van der Waals surface area contributed by atoms with Gasteiger partial charge >= 0.3 is 0 Å². The number of carbonyl (C=O) groups is 1. The molecule has 0 saturated heterocycles. The van der Waals surface area contributed by atoms with Gasteiger partial charge in [-0.25, -0.2) is 8.78 Å². The van der Waals surface area contributed by atoms with Crippen molar-refractivity contribution in [3.05, 3.63) is 64.2 Å². The van der Waals surface area contributed by atoms with Gasteiger partial charge in [-0.2, -0.15) is 0 Å². The Hall–Kier alpha value is -2.14. The molecule has 20 heavy (non-hydrogen) atoms. The fraction of sp³-hybridized carbons (Fsp3) is 0.0714. The SMILES string of the molecule is Nc1cc(F)cc(C(=O)NCc2ccc(F)c(Cl)c2)c1. The zero-order valence-corrected chi connectivity index (χ0v) is 11.0. The molecule has 104 valence electrons. The molecule has 0 aromatic heterocycles. The van der Waals surface area contributed by atoms with Gasteiger partial charge < -0.3 is 11.1 Å². The van der Waals surface area contributed by atoms with Crippen LogP contribution in [0.2, 0.25) is 5.02 Å². The van der Waals surface area contributed by atoms with E-state index in [2.05, 4.69) is 5.32 Å². The van der Waals surface area contributed by atoms with Crippen LogP contribution in [-0.2, 0) is 6.54 Å². The van der Waals surface area contributed by atoms with Crippen molar-refractivity contribution in [3.8, 4) is 0 Å². The Morgan fingerprint density at radius 3 is 2.60 bits per heavy atom. The van der Waals surface area contributed by atoms with E-state index < -0.39 is 17.5 Å². The molecule has 0 heterocycles. The lowest BCUT2D eigenvalue weighted by atomic mass is 10.1. The molecule has 3 nitrogen and oxygen atoms in total. The molecule has 0 unspecified atom stereocenters. The fourth-order valence-corrected chi connectivity index (χ4v) is 1.88. The zero-order valence-electron chi connectivity index (χ0n) is 10.3. The normalized spacial score (nSPS) is 10.3. The van der Waals surface area contributed by atoms with Gasteiger partial charge in [-0.3, -0.25) is 4.79 Å². The molecule has 6 heteroatoms. The van der Waals surface area contributed by atoms with Crippen LogP contribution in [0.5, 0.6) is 0 Å². The van der Waals surface area contributed by atoms with Crippen LogP contribution in [0.4, 0.5) is 14.5 Å². The molecule has 0 aliphatic carbocycles. The van der Waals surface area contributed by atoms with E-state index in [9.17, 15) is 13.6 Å². The van der Waals surface area contributed by atoms with Gasteiger partial charge in [0.15, 0.2) is 0 Å². The van der Waals surface area contributed by atoms with Gasteiger partial charge in [0.25, 0.3) is 5.91 Å². The lowest BCUT2D eigenvalue weighted by Gasteiger charge is -2.07. The molecular formula is C14H11ClF2N2O. The summed E-state index contributed by atoms with van der Waals surface area (Å²) in [4.78, 5) is 11.8. The van der Waals surface area contributed by atoms with Crippen molar-refractivity contribution in [1.82, 2.24) is 5.32 Å². The molecule has 2 aromatic rings. The number of nitrogen functional groups attached to an aromatic ring is 1. The van der Waals surface area contributed by atoms with Crippen molar-refractivity contribution in [3.63, 3.8) is 0 Å². The van der Waals surface area contributed by atoms with Gasteiger partial charge in [-0.05, 0) is 35.9 Å². The largest absolute Gasteiger partial charge is 0.399 e. The third-order valence-electron chi connectivity index (χ3n) is 2.62. The number of amides is 1. The number of rotatable bonds is 3. The highest BCUT2D eigenvalue weighted by Gasteiger charge is 2.08. The first-order chi connectivity index (χ1) is 9.45. The highest BCUT2D eigenvalue weighted by atomic mass is 35.5. The summed E-state index contributed by atoms with van der Waals surface area (Å²) in [5.41, 5.74) is 6.38. The first kappa shape index (κ1) is 14.3. The Morgan fingerprint density at radius 1 is 1.20 bits per heavy atom. The summed E-state index contributed by atoms with van der Waals surface area (Å²) >= 11 is 5.63. The second-order valence-corrected chi connectivity index (χ2v) is 4.61. The summed E-state index contributed by atoms with van der Waals surface area (Å²) in [5.74, 6) is -1.59. The third-order valence-corrected chi connectivity index (χ3v) is 2.91. The Labute approximate surface area is 119 Å². The van der Waals surface area contributed by atoms with Crippen molar-refractivity contribution in [2.75, 3.05) is 5.73 Å². The highest BCUT2D eigenvalue weighted by Crippen LogP contribution is 2.16. The Kier molecular flexibility index (Phi) is 4.20. The number of hydrogen-bond donors (Lipinski definition) is 2. The van der Waals surface area contributed by atoms with E-state index in [1.54, 1.807) is 0 Å². The molecule has 2 aromatic carbocycles. The topological polar surface area (TPSA) is 55.1 Å². The molecule has 0 aliphatic heterocycles. The van der Waals surface area contributed by atoms with E-state index in [0.717, 1.165) is 12.1 Å². The molecule has 0 aliphatic rings. The Morgan fingerprint density at radius 2 is 1.95 bits per heavy atom. The summed E-state index contributed by atoms with van der Waals surface area (Å²) in [7, 11) is 0. The van der Waals surface area contributed by atoms with Crippen LogP contribution in [0.3, 0.4) is 0 Å². The molecule has 3 N–H and O–H groups in total. The fourth-order valence-electron chi connectivity index (χ4n) is 1.68. The van der Waals surface area contributed by atoms with E-state index in [1.807, 2.05) is 0 Å². The van der Waals surface area contributed by atoms with Crippen LogP contribution in [0, 0.1) is 11.6 Å². The number of nitrogens with one attached hydrogen (secondary N) is 1. The average molecular weight is 297 g/mol. The van der Waals surface area contributed by atoms with E-state index in [-0.39, 0.29) is 22.8 Å². The Balaban J connectivity index is 2.06. The van der Waals surface area contributed by atoms with Gasteiger partial charge in [0.2, 0.25) is 0 Å². The third kappa shape index (κ3) is 3.45. The molecule has 0 radical (unpaired) electrons. The van der Waals surface area contributed by atoms with Crippen molar-refractivity contribution >= 4 is 23.2 Å².